The maximum atomic E-state index is 13.0. The molecular weight excluding hydrogens is 370 g/mol. The van der Waals surface area contributed by atoms with Crippen LogP contribution < -0.4 is 0 Å². The van der Waals surface area contributed by atoms with E-state index in [4.69, 9.17) is 4.74 Å². The molecule has 2 aromatic heterocycles. The van der Waals surface area contributed by atoms with E-state index in [9.17, 15) is 9.59 Å². The SMILES string of the molecule is Cc1cc2ncc(C(=O)N3CCC4(CC3)CC(CN3CCCC3)OC4=O)cn2n1. The van der Waals surface area contributed by atoms with Gasteiger partial charge in [-0.1, -0.05) is 0 Å². The standard InChI is InChI=1S/C21H27N5O3/c1-15-10-18-22-12-16(13-26(18)23-15)19(27)25-8-4-21(5-9-25)11-17(29-20(21)28)14-24-6-2-3-7-24/h10,12-13,17H,2-9,11,14H2,1H3. The number of aryl methyl sites for hydroxylation is 1. The highest BCUT2D eigenvalue weighted by Crippen LogP contribution is 2.43. The van der Waals surface area contributed by atoms with Crippen LogP contribution in [0.1, 0.15) is 48.2 Å². The van der Waals surface area contributed by atoms with Gasteiger partial charge >= 0.3 is 5.97 Å². The van der Waals surface area contributed by atoms with Gasteiger partial charge < -0.3 is 9.64 Å². The predicted molar refractivity (Wildman–Crippen MR) is 105 cm³/mol. The third-order valence-electron chi connectivity index (χ3n) is 6.68. The van der Waals surface area contributed by atoms with Gasteiger partial charge in [0, 0.05) is 44.5 Å². The molecule has 1 spiro atoms. The number of carbonyl (C=O) groups is 2. The van der Waals surface area contributed by atoms with Crippen molar-refractivity contribution in [1.82, 2.24) is 24.4 Å². The van der Waals surface area contributed by atoms with Crippen molar-refractivity contribution in [2.24, 2.45) is 5.41 Å². The number of piperidine rings is 1. The molecule has 3 fully saturated rings. The van der Waals surface area contributed by atoms with E-state index in [0.29, 0.717) is 31.5 Å². The Morgan fingerprint density at radius 3 is 2.76 bits per heavy atom. The summed E-state index contributed by atoms with van der Waals surface area (Å²) >= 11 is 0. The molecule has 3 aliphatic heterocycles. The average Bonchev–Trinajstić information content (AvgIpc) is 3.41. The molecule has 8 nitrogen and oxygen atoms in total. The Balaban J connectivity index is 1.23. The maximum Gasteiger partial charge on any atom is 0.312 e. The van der Waals surface area contributed by atoms with Gasteiger partial charge in [-0.3, -0.25) is 14.5 Å². The second-order valence-electron chi connectivity index (χ2n) is 8.74. The van der Waals surface area contributed by atoms with Gasteiger partial charge in [0.05, 0.1) is 16.7 Å². The Kier molecular flexibility index (Phi) is 4.53. The van der Waals surface area contributed by atoms with E-state index < -0.39 is 5.41 Å². The number of likely N-dealkylation sites (tertiary alicyclic amines) is 2. The number of hydrogen-bond acceptors (Lipinski definition) is 6. The van der Waals surface area contributed by atoms with Gasteiger partial charge in [-0.05, 0) is 45.7 Å². The zero-order valence-electron chi connectivity index (χ0n) is 16.8. The van der Waals surface area contributed by atoms with Crippen LogP contribution in [0.5, 0.6) is 0 Å². The molecule has 1 amide bonds. The summed E-state index contributed by atoms with van der Waals surface area (Å²) in [6, 6.07) is 1.88. The summed E-state index contributed by atoms with van der Waals surface area (Å²) in [7, 11) is 0. The summed E-state index contributed by atoms with van der Waals surface area (Å²) in [4.78, 5) is 34.2. The number of ether oxygens (including phenoxy) is 1. The number of rotatable bonds is 3. The first kappa shape index (κ1) is 18.5. The molecule has 1 unspecified atom stereocenters. The predicted octanol–water partition coefficient (Wildman–Crippen LogP) is 1.67. The fourth-order valence-corrected chi connectivity index (χ4v) is 5.03. The largest absolute Gasteiger partial charge is 0.461 e. The van der Waals surface area contributed by atoms with Crippen LogP contribution in [0.3, 0.4) is 0 Å². The van der Waals surface area contributed by atoms with E-state index in [-0.39, 0.29) is 18.0 Å². The molecule has 0 bridgehead atoms. The van der Waals surface area contributed by atoms with Gasteiger partial charge in [-0.2, -0.15) is 5.10 Å². The number of nitrogens with zero attached hydrogens (tertiary/aromatic N) is 5. The molecule has 5 rings (SSSR count). The molecule has 8 heteroatoms. The molecule has 1 atom stereocenters. The van der Waals surface area contributed by atoms with Crippen molar-refractivity contribution in [1.29, 1.82) is 0 Å². The number of aromatic nitrogens is 3. The number of carbonyl (C=O) groups excluding carboxylic acids is 2. The highest BCUT2D eigenvalue weighted by Gasteiger charge is 2.51. The minimum atomic E-state index is -0.414. The van der Waals surface area contributed by atoms with Crippen LogP contribution in [-0.2, 0) is 9.53 Å². The maximum absolute atomic E-state index is 13.0. The topological polar surface area (TPSA) is 80.0 Å². The molecule has 0 N–H and O–H groups in total. The van der Waals surface area contributed by atoms with Crippen molar-refractivity contribution in [3.8, 4) is 0 Å². The highest BCUT2D eigenvalue weighted by molar-refractivity contribution is 5.94. The Labute approximate surface area is 169 Å². The van der Waals surface area contributed by atoms with Crippen LogP contribution in [0.2, 0.25) is 0 Å². The first-order valence-corrected chi connectivity index (χ1v) is 10.6. The van der Waals surface area contributed by atoms with E-state index >= 15 is 0 Å². The van der Waals surface area contributed by atoms with Crippen molar-refractivity contribution in [2.75, 3.05) is 32.7 Å². The molecule has 0 aliphatic carbocycles. The molecule has 0 saturated carbocycles. The molecule has 0 aromatic carbocycles. The van der Waals surface area contributed by atoms with Crippen LogP contribution in [-0.4, -0.2) is 75.1 Å². The van der Waals surface area contributed by atoms with E-state index in [0.717, 1.165) is 37.4 Å². The normalized spacial score (nSPS) is 24.5. The molecule has 154 valence electrons. The quantitative estimate of drug-likeness (QED) is 0.733. The number of hydrogen-bond donors (Lipinski definition) is 0. The van der Waals surface area contributed by atoms with Gasteiger partial charge in [-0.15, -0.1) is 0 Å². The summed E-state index contributed by atoms with van der Waals surface area (Å²) in [6.45, 7) is 6.11. The number of fused-ring (bicyclic) bond motifs is 1. The van der Waals surface area contributed by atoms with Gasteiger partial charge in [-0.25, -0.2) is 9.50 Å². The third-order valence-corrected chi connectivity index (χ3v) is 6.68. The Morgan fingerprint density at radius 2 is 2.00 bits per heavy atom. The highest BCUT2D eigenvalue weighted by atomic mass is 16.6. The molecule has 5 heterocycles. The van der Waals surface area contributed by atoms with E-state index in [1.54, 1.807) is 16.9 Å². The zero-order valence-corrected chi connectivity index (χ0v) is 16.8. The average molecular weight is 397 g/mol. The summed E-state index contributed by atoms with van der Waals surface area (Å²) < 4.78 is 7.39. The molecule has 29 heavy (non-hydrogen) atoms. The second kappa shape index (κ2) is 7.09. The monoisotopic (exact) mass is 397 g/mol. The first-order valence-electron chi connectivity index (χ1n) is 10.6. The molecular formula is C21H27N5O3. The van der Waals surface area contributed by atoms with Crippen molar-refractivity contribution < 1.29 is 14.3 Å². The minimum absolute atomic E-state index is 0.00230. The van der Waals surface area contributed by atoms with E-state index in [1.165, 1.54) is 12.8 Å². The van der Waals surface area contributed by atoms with Gasteiger partial charge in [0.1, 0.15) is 6.10 Å². The fourth-order valence-electron chi connectivity index (χ4n) is 5.03. The van der Waals surface area contributed by atoms with Crippen LogP contribution in [0.15, 0.2) is 18.5 Å². The molecule has 3 saturated heterocycles. The zero-order chi connectivity index (χ0) is 20.0. The Hall–Kier alpha value is -2.48. The lowest BCUT2D eigenvalue weighted by atomic mass is 9.76. The third kappa shape index (κ3) is 3.39. The van der Waals surface area contributed by atoms with Crippen LogP contribution >= 0.6 is 0 Å². The van der Waals surface area contributed by atoms with E-state index in [2.05, 4.69) is 15.0 Å². The second-order valence-corrected chi connectivity index (χ2v) is 8.74. The van der Waals surface area contributed by atoms with Crippen molar-refractivity contribution in [3.63, 3.8) is 0 Å². The van der Waals surface area contributed by atoms with Gasteiger partial charge in [0.25, 0.3) is 5.91 Å². The summed E-state index contributed by atoms with van der Waals surface area (Å²) in [5.41, 5.74) is 1.71. The number of esters is 1. The molecule has 2 aromatic rings. The van der Waals surface area contributed by atoms with Gasteiger partial charge in [0.2, 0.25) is 0 Å². The van der Waals surface area contributed by atoms with E-state index in [1.807, 2.05) is 17.9 Å². The van der Waals surface area contributed by atoms with Crippen molar-refractivity contribution in [3.05, 3.63) is 29.7 Å². The minimum Gasteiger partial charge on any atom is -0.461 e. The number of cyclic esters (lactones) is 1. The van der Waals surface area contributed by atoms with Crippen LogP contribution in [0.25, 0.3) is 5.65 Å². The smallest absolute Gasteiger partial charge is 0.312 e. The summed E-state index contributed by atoms with van der Waals surface area (Å²) in [5.74, 6) is -0.119. The first-order chi connectivity index (χ1) is 14.0. The fraction of sp³-hybridized carbons (Fsp3) is 0.619. The van der Waals surface area contributed by atoms with Crippen LogP contribution in [0.4, 0.5) is 0 Å². The summed E-state index contributed by atoms with van der Waals surface area (Å²) in [5, 5.41) is 4.34. The lowest BCUT2D eigenvalue weighted by molar-refractivity contribution is -0.150. The number of amides is 1. The summed E-state index contributed by atoms with van der Waals surface area (Å²) in [6.07, 6.45) is 7.94. The van der Waals surface area contributed by atoms with Crippen LogP contribution in [0, 0.1) is 12.3 Å². The molecule has 3 aliphatic rings. The Morgan fingerprint density at radius 1 is 1.24 bits per heavy atom. The molecule has 0 radical (unpaired) electrons. The lowest BCUT2D eigenvalue weighted by Crippen LogP contribution is -2.45. The lowest BCUT2D eigenvalue weighted by Gasteiger charge is -2.36. The van der Waals surface area contributed by atoms with Crippen molar-refractivity contribution in [2.45, 2.75) is 45.1 Å². The van der Waals surface area contributed by atoms with Gasteiger partial charge in [0.15, 0.2) is 5.65 Å². The van der Waals surface area contributed by atoms with Crippen molar-refractivity contribution >= 4 is 17.5 Å². The Bertz CT molecular complexity index is 941.